The van der Waals surface area contributed by atoms with Crippen LogP contribution in [0.25, 0.3) is 0 Å². The first-order valence-electron chi connectivity index (χ1n) is 13.1. The zero-order valence-electron chi connectivity index (χ0n) is 19.7. The Kier molecular flexibility index (Phi) is 6.09. The summed E-state index contributed by atoms with van der Waals surface area (Å²) in [6.07, 6.45) is 20.3. The molecule has 0 aliphatic heterocycles. The number of allylic oxidation sites excluding steroid dienone is 4. The highest BCUT2D eigenvalue weighted by atomic mass is 16.3. The molecular weight excluding hydrogens is 392 g/mol. The Labute approximate surface area is 194 Å². The highest BCUT2D eigenvalue weighted by Gasteiger charge is 2.56. The molecule has 0 bridgehead atoms. The fraction of sp³-hybridized carbons (Fsp3) is 0.600. The first-order valence-corrected chi connectivity index (χ1v) is 13.1. The Balaban J connectivity index is 1.56. The van der Waals surface area contributed by atoms with Crippen molar-refractivity contribution < 1.29 is 10.2 Å². The minimum Gasteiger partial charge on any atom is -0.508 e. The molecule has 0 spiro atoms. The lowest BCUT2D eigenvalue weighted by Crippen LogP contribution is -2.47. The molecule has 1 aromatic rings. The molecule has 5 atom stereocenters. The zero-order valence-corrected chi connectivity index (χ0v) is 19.7. The lowest BCUT2D eigenvalue weighted by Gasteiger charge is -2.56. The molecule has 32 heavy (non-hydrogen) atoms. The van der Waals surface area contributed by atoms with Crippen LogP contribution in [0.1, 0.15) is 83.1 Å². The van der Waals surface area contributed by atoms with Gasteiger partial charge in [0, 0.05) is 5.41 Å². The lowest BCUT2D eigenvalue weighted by molar-refractivity contribution is 0.0847. The third-order valence-electron chi connectivity index (χ3n) is 9.28. The van der Waals surface area contributed by atoms with Gasteiger partial charge in [-0.3, -0.25) is 0 Å². The number of hydrogen-bond donors (Lipinski definition) is 2. The van der Waals surface area contributed by atoms with Gasteiger partial charge in [-0.05, 0) is 86.3 Å². The van der Waals surface area contributed by atoms with Gasteiger partial charge in [-0.15, -0.1) is 0 Å². The summed E-state index contributed by atoms with van der Waals surface area (Å²) >= 11 is 0. The number of benzene rings is 1. The fourth-order valence-corrected chi connectivity index (χ4v) is 7.91. The molecule has 2 nitrogen and oxygen atoms in total. The van der Waals surface area contributed by atoms with E-state index >= 15 is 0 Å². The van der Waals surface area contributed by atoms with Crippen molar-refractivity contribution in [2.75, 3.05) is 0 Å². The van der Waals surface area contributed by atoms with Gasteiger partial charge in [0.2, 0.25) is 0 Å². The van der Waals surface area contributed by atoms with E-state index in [0.29, 0.717) is 17.6 Å². The summed E-state index contributed by atoms with van der Waals surface area (Å²) in [5, 5.41) is 21.1. The second-order valence-electron chi connectivity index (χ2n) is 11.1. The van der Waals surface area contributed by atoms with Gasteiger partial charge in [0.15, 0.2) is 0 Å². The zero-order chi connectivity index (χ0) is 22.2. The number of fused-ring (bicyclic) bond motifs is 4. The molecule has 4 aliphatic carbocycles. The Hall–Kier alpha value is -1.80. The second-order valence-corrected chi connectivity index (χ2v) is 11.1. The Morgan fingerprint density at radius 2 is 1.88 bits per heavy atom. The van der Waals surface area contributed by atoms with Crippen LogP contribution in [0.15, 0.2) is 65.5 Å². The van der Waals surface area contributed by atoms with E-state index in [0.717, 1.165) is 32.1 Å². The van der Waals surface area contributed by atoms with Crippen molar-refractivity contribution in [3.8, 4) is 0 Å². The minimum absolute atomic E-state index is 0.129. The highest BCUT2D eigenvalue weighted by molar-refractivity contribution is 5.42. The topological polar surface area (TPSA) is 40.5 Å². The molecule has 2 N–H and O–H groups in total. The van der Waals surface area contributed by atoms with Gasteiger partial charge in [-0.2, -0.15) is 0 Å². The normalized spacial score (nSPS) is 35.8. The van der Waals surface area contributed by atoms with E-state index in [4.69, 9.17) is 0 Å². The maximum absolute atomic E-state index is 10.9. The van der Waals surface area contributed by atoms with Crippen molar-refractivity contribution in [3.63, 3.8) is 0 Å². The molecule has 0 heterocycles. The van der Waals surface area contributed by atoms with Crippen LogP contribution in [-0.2, 0) is 6.42 Å². The SMILES string of the molecule is CCCCCCC12CCC3(Cc4ccccc4)C(=C1CC(O)C2)CCC1C=C(O)C=CC13. The summed E-state index contributed by atoms with van der Waals surface area (Å²) in [4.78, 5) is 0. The van der Waals surface area contributed by atoms with Crippen LogP contribution < -0.4 is 0 Å². The predicted octanol–water partition coefficient (Wildman–Crippen LogP) is 7.46. The molecule has 4 aliphatic rings. The van der Waals surface area contributed by atoms with Gasteiger partial charge in [0.25, 0.3) is 0 Å². The van der Waals surface area contributed by atoms with E-state index in [1.165, 1.54) is 50.5 Å². The number of aliphatic hydroxyl groups is 2. The van der Waals surface area contributed by atoms with E-state index in [1.807, 2.05) is 6.08 Å². The third-order valence-corrected chi connectivity index (χ3v) is 9.28. The number of rotatable bonds is 7. The second kappa shape index (κ2) is 8.86. The average molecular weight is 433 g/mol. The summed E-state index contributed by atoms with van der Waals surface area (Å²) in [7, 11) is 0. The van der Waals surface area contributed by atoms with Gasteiger partial charge in [0.1, 0.15) is 5.76 Å². The van der Waals surface area contributed by atoms with Crippen molar-refractivity contribution in [3.05, 3.63) is 71.0 Å². The predicted molar refractivity (Wildman–Crippen MR) is 131 cm³/mol. The van der Waals surface area contributed by atoms with Crippen LogP contribution in [0.2, 0.25) is 0 Å². The first-order chi connectivity index (χ1) is 15.6. The molecule has 5 rings (SSSR count). The van der Waals surface area contributed by atoms with Crippen molar-refractivity contribution in [1.82, 2.24) is 0 Å². The van der Waals surface area contributed by atoms with Gasteiger partial charge in [-0.25, -0.2) is 0 Å². The van der Waals surface area contributed by atoms with Crippen LogP contribution in [0.3, 0.4) is 0 Å². The Morgan fingerprint density at radius 3 is 2.69 bits per heavy atom. The molecule has 0 radical (unpaired) electrons. The first kappa shape index (κ1) is 22.0. The summed E-state index contributed by atoms with van der Waals surface area (Å²) in [6.45, 7) is 2.28. The molecule has 1 aromatic carbocycles. The number of aliphatic hydroxyl groups excluding tert-OH is 2. The lowest BCUT2D eigenvalue weighted by atomic mass is 9.48. The summed E-state index contributed by atoms with van der Waals surface area (Å²) in [5.41, 5.74) is 5.14. The molecular formula is C30H40O2. The monoisotopic (exact) mass is 432 g/mol. The molecule has 2 saturated carbocycles. The highest BCUT2D eigenvalue weighted by Crippen LogP contribution is 2.65. The molecule has 0 aromatic heterocycles. The largest absolute Gasteiger partial charge is 0.508 e. The fourth-order valence-electron chi connectivity index (χ4n) is 7.91. The summed E-state index contributed by atoms with van der Waals surface area (Å²) in [5.74, 6) is 1.32. The van der Waals surface area contributed by atoms with Gasteiger partial charge < -0.3 is 10.2 Å². The van der Waals surface area contributed by atoms with Crippen LogP contribution in [0, 0.1) is 22.7 Å². The molecule has 0 amide bonds. The van der Waals surface area contributed by atoms with Gasteiger partial charge in [0.05, 0.1) is 6.10 Å². The van der Waals surface area contributed by atoms with E-state index in [2.05, 4.69) is 49.4 Å². The number of unbranched alkanes of at least 4 members (excludes halogenated alkanes) is 3. The van der Waals surface area contributed by atoms with Gasteiger partial charge >= 0.3 is 0 Å². The maximum atomic E-state index is 10.9. The quantitative estimate of drug-likeness (QED) is 0.347. The molecule has 172 valence electrons. The Morgan fingerprint density at radius 1 is 1.03 bits per heavy atom. The average Bonchev–Trinajstić information content (AvgIpc) is 3.13. The van der Waals surface area contributed by atoms with Crippen LogP contribution in [0.5, 0.6) is 0 Å². The third kappa shape index (κ3) is 3.79. The van der Waals surface area contributed by atoms with Crippen LogP contribution >= 0.6 is 0 Å². The smallest absolute Gasteiger partial charge is 0.111 e. The molecule has 2 heteroatoms. The Bertz CT molecular complexity index is 910. The van der Waals surface area contributed by atoms with Crippen molar-refractivity contribution in [1.29, 1.82) is 0 Å². The standard InChI is InChI=1S/C30H40O2/c1-2-3-4-8-15-29-16-17-30(20-22-9-6-5-7-10-22)26-14-12-24(31)18-23(26)11-13-27(30)28(29)19-25(32)21-29/h5-7,9-10,12,14,18,23,25-26,31-32H,2-4,8,11,13,15-17,19-21H2,1H3. The molecule has 2 fully saturated rings. The van der Waals surface area contributed by atoms with E-state index in [9.17, 15) is 10.2 Å². The number of hydrogen-bond acceptors (Lipinski definition) is 2. The van der Waals surface area contributed by atoms with E-state index < -0.39 is 0 Å². The van der Waals surface area contributed by atoms with Crippen molar-refractivity contribution in [2.24, 2.45) is 22.7 Å². The molecule has 5 unspecified atom stereocenters. The summed E-state index contributed by atoms with van der Waals surface area (Å²) < 4.78 is 0. The van der Waals surface area contributed by atoms with Gasteiger partial charge in [-0.1, -0.05) is 80.2 Å². The molecule has 0 saturated heterocycles. The van der Waals surface area contributed by atoms with Crippen molar-refractivity contribution in [2.45, 2.75) is 90.1 Å². The minimum atomic E-state index is -0.167. The van der Waals surface area contributed by atoms with Crippen LogP contribution in [0.4, 0.5) is 0 Å². The van der Waals surface area contributed by atoms with Crippen molar-refractivity contribution >= 4 is 0 Å². The van der Waals surface area contributed by atoms with E-state index in [1.54, 1.807) is 11.1 Å². The summed E-state index contributed by atoms with van der Waals surface area (Å²) in [6, 6.07) is 11.0. The maximum Gasteiger partial charge on any atom is 0.111 e. The van der Waals surface area contributed by atoms with Crippen LogP contribution in [-0.4, -0.2) is 16.3 Å². The van der Waals surface area contributed by atoms with E-state index in [-0.39, 0.29) is 16.9 Å².